The highest BCUT2D eigenvalue weighted by Crippen LogP contribution is 2.33. The van der Waals surface area contributed by atoms with E-state index >= 15 is 0 Å². The maximum absolute atomic E-state index is 12.3. The van der Waals surface area contributed by atoms with Gasteiger partial charge in [0, 0.05) is 17.6 Å². The summed E-state index contributed by atoms with van der Waals surface area (Å²) in [5.41, 5.74) is 4.65. The van der Waals surface area contributed by atoms with Crippen LogP contribution in [-0.4, -0.2) is 28.8 Å². The van der Waals surface area contributed by atoms with E-state index in [1.54, 1.807) is 11.3 Å². The molecular formula is C22H25N3O2S. The molecule has 0 saturated heterocycles. The first-order valence-corrected chi connectivity index (χ1v) is 10.6. The molecule has 0 aliphatic carbocycles. The Morgan fingerprint density at radius 3 is 3.04 bits per heavy atom. The molecular weight excluding hydrogens is 370 g/mol. The zero-order chi connectivity index (χ0) is 19.3. The van der Waals surface area contributed by atoms with Crippen LogP contribution in [0.4, 0.5) is 0 Å². The Labute approximate surface area is 169 Å². The average molecular weight is 396 g/mol. The van der Waals surface area contributed by atoms with Gasteiger partial charge in [-0.05, 0) is 60.9 Å². The van der Waals surface area contributed by atoms with E-state index in [4.69, 9.17) is 4.74 Å². The second kappa shape index (κ2) is 8.71. The number of carbonyl (C=O) groups is 1. The fraction of sp³-hybridized carbons (Fsp3) is 0.364. The molecule has 6 heteroatoms. The van der Waals surface area contributed by atoms with Crippen LogP contribution in [-0.2, 0) is 22.4 Å². The maximum atomic E-state index is 12.3. The van der Waals surface area contributed by atoms with E-state index in [1.807, 2.05) is 41.9 Å². The van der Waals surface area contributed by atoms with E-state index < -0.39 is 0 Å². The van der Waals surface area contributed by atoms with Crippen LogP contribution in [0, 0.1) is 6.92 Å². The summed E-state index contributed by atoms with van der Waals surface area (Å²) in [6.45, 7) is 3.40. The molecule has 1 aliphatic heterocycles. The van der Waals surface area contributed by atoms with Crippen LogP contribution in [0.5, 0.6) is 0 Å². The molecule has 1 amide bonds. The van der Waals surface area contributed by atoms with Gasteiger partial charge in [0.15, 0.2) is 0 Å². The number of amides is 1. The van der Waals surface area contributed by atoms with Crippen molar-refractivity contribution in [1.82, 2.24) is 15.1 Å². The van der Waals surface area contributed by atoms with Gasteiger partial charge in [0.25, 0.3) is 0 Å². The van der Waals surface area contributed by atoms with E-state index in [0.717, 1.165) is 30.6 Å². The largest absolute Gasteiger partial charge is 0.372 e. The quantitative estimate of drug-likeness (QED) is 0.615. The molecule has 0 fully saturated rings. The predicted octanol–water partition coefficient (Wildman–Crippen LogP) is 4.00. The third-order valence-electron chi connectivity index (χ3n) is 5.10. The molecule has 1 unspecified atom stereocenters. The van der Waals surface area contributed by atoms with Crippen LogP contribution in [0.2, 0.25) is 0 Å². The minimum Gasteiger partial charge on any atom is -0.372 e. The van der Waals surface area contributed by atoms with Gasteiger partial charge in [0.05, 0.1) is 24.4 Å². The molecule has 4 rings (SSSR count). The molecule has 0 radical (unpaired) electrons. The fourth-order valence-electron chi connectivity index (χ4n) is 3.58. The van der Waals surface area contributed by atoms with E-state index in [2.05, 4.69) is 28.1 Å². The van der Waals surface area contributed by atoms with Gasteiger partial charge in [-0.25, -0.2) is 4.68 Å². The predicted molar refractivity (Wildman–Crippen MR) is 111 cm³/mol. The average Bonchev–Trinajstić information content (AvgIpc) is 3.33. The van der Waals surface area contributed by atoms with Crippen LogP contribution >= 0.6 is 11.3 Å². The van der Waals surface area contributed by atoms with Crippen LogP contribution in [0.1, 0.15) is 40.6 Å². The molecule has 3 heterocycles. The van der Waals surface area contributed by atoms with Crippen molar-refractivity contribution in [2.24, 2.45) is 0 Å². The number of nitrogens with one attached hydrogen (secondary N) is 1. The molecule has 1 aromatic carbocycles. The third-order valence-corrected chi connectivity index (χ3v) is 6.15. The number of nitrogens with zero attached hydrogens (tertiary/aromatic N) is 2. The molecule has 28 heavy (non-hydrogen) atoms. The number of carbonyl (C=O) groups excluding carboxylic acids is 1. The lowest BCUT2D eigenvalue weighted by molar-refractivity contribution is -0.124. The second-order valence-corrected chi connectivity index (χ2v) is 8.04. The highest BCUT2D eigenvalue weighted by molar-refractivity contribution is 7.10. The number of fused-ring (bicyclic) bond motifs is 1. The first-order chi connectivity index (χ1) is 13.7. The van der Waals surface area contributed by atoms with Crippen molar-refractivity contribution < 1.29 is 9.53 Å². The smallest absolute Gasteiger partial charge is 0.223 e. The van der Waals surface area contributed by atoms with E-state index in [-0.39, 0.29) is 12.0 Å². The monoisotopic (exact) mass is 395 g/mol. The second-order valence-electron chi connectivity index (χ2n) is 7.10. The van der Waals surface area contributed by atoms with Gasteiger partial charge < -0.3 is 10.1 Å². The first kappa shape index (κ1) is 18.9. The number of thiophene rings is 1. The van der Waals surface area contributed by atoms with Crippen molar-refractivity contribution >= 4 is 17.2 Å². The van der Waals surface area contributed by atoms with Crippen LogP contribution < -0.4 is 5.32 Å². The lowest BCUT2D eigenvalue weighted by Crippen LogP contribution is -2.28. The highest BCUT2D eigenvalue weighted by Gasteiger charge is 2.24. The topological polar surface area (TPSA) is 56.2 Å². The highest BCUT2D eigenvalue weighted by atomic mass is 32.1. The molecule has 3 aromatic rings. The Balaban J connectivity index is 1.24. The Kier molecular flexibility index (Phi) is 5.88. The molecule has 146 valence electrons. The lowest BCUT2D eigenvalue weighted by atomic mass is 10.1. The normalized spacial score (nSPS) is 16.0. The number of ether oxygens (including phenoxy) is 1. The molecule has 0 saturated carbocycles. The van der Waals surface area contributed by atoms with Crippen LogP contribution in [0.25, 0.3) is 5.69 Å². The minimum atomic E-state index is -0.0879. The number of para-hydroxylation sites is 1. The maximum Gasteiger partial charge on any atom is 0.223 e. The molecule has 5 nitrogen and oxygen atoms in total. The van der Waals surface area contributed by atoms with E-state index in [9.17, 15) is 4.79 Å². The zero-order valence-electron chi connectivity index (χ0n) is 16.1. The van der Waals surface area contributed by atoms with Gasteiger partial charge in [-0.3, -0.25) is 4.79 Å². The van der Waals surface area contributed by atoms with E-state index in [0.29, 0.717) is 19.6 Å². The summed E-state index contributed by atoms with van der Waals surface area (Å²) in [5.74, 6) is 0.0583. The van der Waals surface area contributed by atoms with Crippen molar-refractivity contribution in [3.05, 3.63) is 69.7 Å². The van der Waals surface area contributed by atoms with Gasteiger partial charge in [-0.1, -0.05) is 18.2 Å². The number of hydrogen-bond donors (Lipinski definition) is 1. The fourth-order valence-corrected chi connectivity index (χ4v) is 4.58. The summed E-state index contributed by atoms with van der Waals surface area (Å²) in [7, 11) is 0. The first-order valence-electron chi connectivity index (χ1n) is 9.76. The third kappa shape index (κ3) is 4.34. The van der Waals surface area contributed by atoms with Gasteiger partial charge >= 0.3 is 0 Å². The Hall–Kier alpha value is -2.44. The summed E-state index contributed by atoms with van der Waals surface area (Å²) in [6, 6.07) is 12.3. The van der Waals surface area contributed by atoms with Crippen molar-refractivity contribution in [3.63, 3.8) is 0 Å². The summed E-state index contributed by atoms with van der Waals surface area (Å²) in [6.07, 6.45) is 5.14. The molecule has 1 N–H and O–H groups in total. The number of hydrogen-bond acceptors (Lipinski definition) is 4. The summed E-state index contributed by atoms with van der Waals surface area (Å²) >= 11 is 1.69. The van der Waals surface area contributed by atoms with Crippen molar-refractivity contribution in [3.8, 4) is 5.69 Å². The van der Waals surface area contributed by atoms with Gasteiger partial charge in [-0.15, -0.1) is 11.3 Å². The standard InChI is InChI=1S/C22H25N3O2S/c1-16-18(15-25(24-16)19-7-3-2-4-8-19)6-5-11-23-21(26)14-20-22-17(9-12-27-20)10-13-28-22/h2-4,7-8,10,13,15,20H,5-6,9,11-12,14H2,1H3,(H,23,26). The summed E-state index contributed by atoms with van der Waals surface area (Å²) in [4.78, 5) is 13.5. The molecule has 0 spiro atoms. The van der Waals surface area contributed by atoms with Crippen molar-refractivity contribution in [1.29, 1.82) is 0 Å². The van der Waals surface area contributed by atoms with Crippen molar-refractivity contribution in [2.75, 3.05) is 13.2 Å². The number of aromatic nitrogens is 2. The summed E-state index contributed by atoms with van der Waals surface area (Å²) < 4.78 is 7.73. The van der Waals surface area contributed by atoms with Gasteiger partial charge in [0.2, 0.25) is 5.91 Å². The van der Waals surface area contributed by atoms with Crippen LogP contribution in [0.3, 0.4) is 0 Å². The Morgan fingerprint density at radius 1 is 1.32 bits per heavy atom. The SMILES string of the molecule is Cc1nn(-c2ccccc2)cc1CCCNC(=O)CC1OCCc2ccsc21. The molecule has 1 atom stereocenters. The van der Waals surface area contributed by atoms with Gasteiger partial charge in [0.1, 0.15) is 6.10 Å². The van der Waals surface area contributed by atoms with Crippen molar-refractivity contribution in [2.45, 2.75) is 38.7 Å². The molecule has 0 bridgehead atoms. The number of rotatable bonds is 7. The van der Waals surface area contributed by atoms with Gasteiger partial charge in [-0.2, -0.15) is 5.10 Å². The van der Waals surface area contributed by atoms with E-state index in [1.165, 1.54) is 16.0 Å². The zero-order valence-corrected chi connectivity index (χ0v) is 16.9. The van der Waals surface area contributed by atoms with Crippen LogP contribution in [0.15, 0.2) is 48.0 Å². The molecule has 2 aromatic heterocycles. The lowest BCUT2D eigenvalue weighted by Gasteiger charge is -2.22. The minimum absolute atomic E-state index is 0.0583. The Bertz CT molecular complexity index is 932. The number of benzene rings is 1. The summed E-state index contributed by atoms with van der Waals surface area (Å²) in [5, 5.41) is 9.73. The molecule has 1 aliphatic rings. The number of aryl methyl sites for hydroxylation is 2. The Morgan fingerprint density at radius 2 is 2.18 bits per heavy atom.